The monoisotopic (exact) mass is 863 g/mol. The van der Waals surface area contributed by atoms with E-state index >= 15 is 0 Å². The number of nitrogens with zero attached hydrogens (tertiary/aromatic N) is 2. The molecule has 0 N–H and O–H groups in total. The lowest BCUT2D eigenvalue weighted by atomic mass is 9.36. The smallest absolute Gasteiger partial charge is 0.264 e. The SMILES string of the molecule is CC(C)(C)c1ccc(N2c3cc(C(C)(C)C)cc4c3B(c3sc5ccc(C(C)(C)C)cc5c32)c2cc3c(c5c6c7c(ccc6n-4c25)C(C)(C)CCC7(C)C)C(C)(C)CCC3(C)C)cc1. The molecule has 0 saturated carbocycles. The van der Waals surface area contributed by atoms with Crippen LogP contribution in [0, 0.1) is 0 Å². The molecule has 2 aromatic heterocycles. The van der Waals surface area contributed by atoms with Crippen LogP contribution in [0.3, 0.4) is 0 Å². The highest BCUT2D eigenvalue weighted by atomic mass is 32.1. The molecule has 0 atom stereocenters. The maximum Gasteiger partial charge on any atom is 0.264 e. The van der Waals surface area contributed by atoms with E-state index in [4.69, 9.17) is 0 Å². The Morgan fingerprint density at radius 1 is 0.531 bits per heavy atom. The molecular formula is C60H71BN2S. The van der Waals surface area contributed by atoms with Gasteiger partial charge >= 0.3 is 0 Å². The van der Waals surface area contributed by atoms with E-state index in [-0.39, 0.29) is 44.6 Å². The molecule has 0 unspecified atom stereocenters. The Morgan fingerprint density at radius 3 is 1.69 bits per heavy atom. The molecule has 64 heavy (non-hydrogen) atoms. The zero-order chi connectivity index (χ0) is 45.8. The Morgan fingerprint density at radius 2 is 1.08 bits per heavy atom. The van der Waals surface area contributed by atoms with Gasteiger partial charge in [-0.1, -0.05) is 148 Å². The number of aromatic nitrogens is 1. The van der Waals surface area contributed by atoms with Crippen molar-refractivity contribution in [1.29, 1.82) is 0 Å². The maximum absolute atomic E-state index is 2.80. The molecule has 11 rings (SSSR count). The molecule has 2 aliphatic carbocycles. The van der Waals surface area contributed by atoms with Crippen molar-refractivity contribution in [2.75, 3.05) is 4.90 Å². The maximum atomic E-state index is 2.80. The third-order valence-corrected chi connectivity index (χ3v) is 18.1. The van der Waals surface area contributed by atoms with E-state index in [1.165, 1.54) is 107 Å². The van der Waals surface area contributed by atoms with Crippen molar-refractivity contribution in [2.24, 2.45) is 0 Å². The van der Waals surface area contributed by atoms with Crippen LogP contribution in [0.25, 0.3) is 37.6 Å². The quantitative estimate of drug-likeness (QED) is 0.149. The highest BCUT2D eigenvalue weighted by Crippen LogP contribution is 2.57. The van der Waals surface area contributed by atoms with Gasteiger partial charge in [0.25, 0.3) is 6.71 Å². The first kappa shape index (κ1) is 42.4. The Hall–Kier alpha value is -4.28. The summed E-state index contributed by atoms with van der Waals surface area (Å²) in [4.78, 5) is 2.70. The molecule has 7 aromatic rings. The first-order chi connectivity index (χ1) is 29.6. The van der Waals surface area contributed by atoms with Crippen LogP contribution in [-0.4, -0.2) is 11.3 Å². The third kappa shape index (κ3) is 5.75. The first-order valence-electron chi connectivity index (χ1n) is 24.5. The number of fused-ring (bicyclic) bond motifs is 13. The number of thiophene rings is 1. The summed E-state index contributed by atoms with van der Waals surface area (Å²) in [5, 5.41) is 4.46. The van der Waals surface area contributed by atoms with Gasteiger partial charge in [0.05, 0.1) is 11.2 Å². The lowest BCUT2D eigenvalue weighted by Crippen LogP contribution is -2.60. The third-order valence-electron chi connectivity index (χ3n) is 16.9. The number of hydrogen-bond donors (Lipinski definition) is 0. The van der Waals surface area contributed by atoms with Crippen molar-refractivity contribution in [3.63, 3.8) is 0 Å². The second-order valence-corrected chi connectivity index (χ2v) is 27.5. The normalized spacial score (nSPS) is 19.2. The molecule has 0 fully saturated rings. The lowest BCUT2D eigenvalue weighted by Gasteiger charge is -2.45. The average Bonchev–Trinajstić information content (AvgIpc) is 3.75. The number of hydrogen-bond acceptors (Lipinski definition) is 2. The number of benzene rings is 5. The topological polar surface area (TPSA) is 8.17 Å². The second kappa shape index (κ2) is 12.8. The Labute approximate surface area is 388 Å². The molecule has 4 aliphatic rings. The predicted molar refractivity (Wildman–Crippen MR) is 282 cm³/mol. The molecule has 0 spiro atoms. The van der Waals surface area contributed by atoms with E-state index < -0.39 is 0 Å². The Bertz CT molecular complexity index is 3160. The fourth-order valence-corrected chi connectivity index (χ4v) is 14.0. The summed E-state index contributed by atoms with van der Waals surface area (Å²) in [6.07, 6.45) is 4.78. The van der Waals surface area contributed by atoms with Gasteiger partial charge in [-0.15, -0.1) is 11.3 Å². The molecule has 0 amide bonds. The van der Waals surface area contributed by atoms with E-state index in [2.05, 4.69) is 200 Å². The van der Waals surface area contributed by atoms with Gasteiger partial charge in [0, 0.05) is 48.2 Å². The van der Waals surface area contributed by atoms with E-state index in [0.717, 1.165) is 0 Å². The van der Waals surface area contributed by atoms with Crippen LogP contribution in [0.15, 0.2) is 72.8 Å². The highest BCUT2D eigenvalue weighted by Gasteiger charge is 2.50. The van der Waals surface area contributed by atoms with Gasteiger partial charge in [0.1, 0.15) is 0 Å². The van der Waals surface area contributed by atoms with E-state index in [9.17, 15) is 0 Å². The Balaban J connectivity index is 1.38. The average molecular weight is 863 g/mol. The summed E-state index contributed by atoms with van der Waals surface area (Å²) in [5.41, 5.74) is 21.8. The minimum absolute atomic E-state index is 0.0254. The van der Waals surface area contributed by atoms with Gasteiger partial charge < -0.3 is 9.47 Å². The van der Waals surface area contributed by atoms with Crippen molar-refractivity contribution in [3.8, 4) is 5.69 Å². The number of rotatable bonds is 1. The summed E-state index contributed by atoms with van der Waals surface area (Å²) >= 11 is 2.05. The molecular weight excluding hydrogens is 792 g/mol. The minimum Gasteiger partial charge on any atom is -0.310 e. The lowest BCUT2D eigenvalue weighted by molar-refractivity contribution is 0.333. The van der Waals surface area contributed by atoms with Gasteiger partial charge in [0.15, 0.2) is 0 Å². The molecule has 4 heteroatoms. The van der Waals surface area contributed by atoms with Crippen LogP contribution in [-0.2, 0) is 37.9 Å². The first-order valence-corrected chi connectivity index (χ1v) is 25.3. The zero-order valence-corrected chi connectivity index (χ0v) is 43.0. The molecule has 4 heterocycles. The van der Waals surface area contributed by atoms with Gasteiger partial charge in [-0.05, 0) is 156 Å². The predicted octanol–water partition coefficient (Wildman–Crippen LogP) is 15.2. The summed E-state index contributed by atoms with van der Waals surface area (Å²) in [7, 11) is 0. The van der Waals surface area contributed by atoms with Crippen LogP contribution in [0.1, 0.15) is 182 Å². The van der Waals surface area contributed by atoms with Gasteiger partial charge in [-0.25, -0.2) is 0 Å². The van der Waals surface area contributed by atoms with Gasteiger partial charge in [0.2, 0.25) is 0 Å². The van der Waals surface area contributed by atoms with Crippen molar-refractivity contribution < 1.29 is 0 Å². The number of anilines is 3. The van der Waals surface area contributed by atoms with E-state index in [0.29, 0.717) is 0 Å². The fraction of sp³-hybridized carbons (Fsp3) is 0.467. The van der Waals surface area contributed by atoms with Crippen LogP contribution in [0.5, 0.6) is 0 Å². The second-order valence-electron chi connectivity index (χ2n) is 26.4. The largest absolute Gasteiger partial charge is 0.310 e. The molecule has 2 nitrogen and oxygen atoms in total. The van der Waals surface area contributed by atoms with Gasteiger partial charge in [-0.2, -0.15) is 0 Å². The van der Waals surface area contributed by atoms with Crippen LogP contribution < -0.4 is 20.6 Å². The summed E-state index contributed by atoms with van der Waals surface area (Å²) in [5.74, 6) is 0. The zero-order valence-electron chi connectivity index (χ0n) is 42.1. The summed E-state index contributed by atoms with van der Waals surface area (Å²) < 4.78 is 5.66. The van der Waals surface area contributed by atoms with Crippen molar-refractivity contribution in [2.45, 2.75) is 181 Å². The molecule has 0 radical (unpaired) electrons. The van der Waals surface area contributed by atoms with Crippen LogP contribution in [0.2, 0.25) is 0 Å². The summed E-state index contributed by atoms with van der Waals surface area (Å²) in [6.45, 7) is 41.7. The fourth-order valence-electron chi connectivity index (χ4n) is 12.7. The van der Waals surface area contributed by atoms with Gasteiger partial charge in [-0.3, -0.25) is 0 Å². The van der Waals surface area contributed by atoms with Crippen molar-refractivity contribution in [1.82, 2.24) is 4.57 Å². The molecule has 330 valence electrons. The minimum atomic E-state index is -0.0748. The molecule has 0 saturated heterocycles. The van der Waals surface area contributed by atoms with Crippen LogP contribution in [0.4, 0.5) is 17.1 Å². The standard InChI is InChI=1S/C60H71BN2S/c1-54(2,3)34-18-21-37(22-19-34)62-43-31-36(56(7,8)9)32-44-50(43)61(53-51(62)38-30-35(55(4,5)6)20-25-45(38)64-53)41-33-40-49(60(16,17)29-27-58(40,12)13)47-46-42(63(44)52(41)47)24-23-39-48(46)59(14,15)28-26-57(39,10)11/h18-25,30-33H,26-29H2,1-17H3. The molecule has 5 aromatic carbocycles. The van der Waals surface area contributed by atoms with E-state index in [1.807, 2.05) is 11.3 Å². The molecule has 2 aliphatic heterocycles. The Kier molecular flexibility index (Phi) is 8.46. The van der Waals surface area contributed by atoms with Crippen molar-refractivity contribution >= 4 is 82.7 Å². The highest BCUT2D eigenvalue weighted by molar-refractivity contribution is 7.33. The van der Waals surface area contributed by atoms with Crippen LogP contribution >= 0.6 is 11.3 Å². The van der Waals surface area contributed by atoms with Crippen molar-refractivity contribution in [3.05, 3.63) is 112 Å². The molecule has 0 bridgehead atoms. The summed E-state index contributed by atoms with van der Waals surface area (Å²) in [6, 6.07) is 30.1. The van der Waals surface area contributed by atoms with E-state index in [1.54, 1.807) is 27.6 Å².